The minimum absolute atomic E-state index is 0.132. The van der Waals surface area contributed by atoms with Crippen molar-refractivity contribution in [3.63, 3.8) is 0 Å². The average Bonchev–Trinajstić information content (AvgIpc) is 2.37. The van der Waals surface area contributed by atoms with Gasteiger partial charge >= 0.3 is 6.18 Å². The van der Waals surface area contributed by atoms with Crippen LogP contribution in [0.2, 0.25) is 5.02 Å². The third-order valence-electron chi connectivity index (χ3n) is 2.55. The lowest BCUT2D eigenvalue weighted by Gasteiger charge is -2.11. The van der Waals surface area contributed by atoms with E-state index in [0.29, 0.717) is 0 Å². The van der Waals surface area contributed by atoms with Crippen molar-refractivity contribution in [2.75, 3.05) is 4.72 Å². The fraction of sp³-hybridized carbons (Fsp3) is 0.0769. The fourth-order valence-corrected chi connectivity index (χ4v) is 2.96. The molecule has 0 heterocycles. The summed E-state index contributed by atoms with van der Waals surface area (Å²) in [6.45, 7) is 0. The zero-order valence-corrected chi connectivity index (χ0v) is 11.9. The van der Waals surface area contributed by atoms with E-state index in [4.69, 9.17) is 11.6 Å². The molecule has 112 valence electrons. The highest BCUT2D eigenvalue weighted by Gasteiger charge is 2.30. The standard InChI is InChI=1S/C13H9ClF3NO2S/c14-10-4-2-6-12(8-10)21(19,20)18-11-5-1-3-9(7-11)13(15,16)17/h1-8,18H. The quantitative estimate of drug-likeness (QED) is 0.915. The number of rotatable bonds is 3. The number of benzene rings is 2. The molecule has 0 saturated carbocycles. The molecule has 2 aromatic carbocycles. The number of sulfonamides is 1. The lowest BCUT2D eigenvalue weighted by molar-refractivity contribution is -0.137. The normalized spacial score (nSPS) is 12.2. The van der Waals surface area contributed by atoms with Crippen LogP contribution in [0.4, 0.5) is 18.9 Å². The van der Waals surface area contributed by atoms with Crippen molar-refractivity contribution in [3.8, 4) is 0 Å². The van der Waals surface area contributed by atoms with E-state index in [9.17, 15) is 21.6 Å². The number of hydrogen-bond acceptors (Lipinski definition) is 2. The lowest BCUT2D eigenvalue weighted by atomic mass is 10.2. The molecular formula is C13H9ClF3NO2S. The Labute approximate surface area is 124 Å². The smallest absolute Gasteiger partial charge is 0.280 e. The van der Waals surface area contributed by atoms with Crippen LogP contribution in [0.1, 0.15) is 5.56 Å². The minimum atomic E-state index is -4.54. The van der Waals surface area contributed by atoms with E-state index in [2.05, 4.69) is 4.72 Å². The number of nitrogens with one attached hydrogen (secondary N) is 1. The molecule has 2 rings (SSSR count). The molecule has 2 aromatic rings. The maximum absolute atomic E-state index is 12.6. The Morgan fingerprint density at radius 2 is 1.67 bits per heavy atom. The second-order valence-corrected chi connectivity index (χ2v) is 6.26. The second kappa shape index (κ2) is 5.57. The van der Waals surface area contributed by atoms with Gasteiger partial charge in [-0.3, -0.25) is 4.72 Å². The number of halogens is 4. The first-order valence-electron chi connectivity index (χ1n) is 5.64. The van der Waals surface area contributed by atoms with Crippen molar-refractivity contribution in [3.05, 3.63) is 59.1 Å². The van der Waals surface area contributed by atoms with Gasteiger partial charge in [0.1, 0.15) is 0 Å². The summed E-state index contributed by atoms with van der Waals surface area (Å²) < 4.78 is 64.0. The molecule has 21 heavy (non-hydrogen) atoms. The van der Waals surface area contributed by atoms with Gasteiger partial charge in [-0.15, -0.1) is 0 Å². The molecule has 0 aromatic heterocycles. The maximum atomic E-state index is 12.6. The van der Waals surface area contributed by atoms with Gasteiger partial charge in [-0.1, -0.05) is 23.7 Å². The summed E-state index contributed by atoms with van der Waals surface area (Å²) in [5, 5.41) is 0.210. The monoisotopic (exact) mass is 335 g/mol. The summed E-state index contributed by atoms with van der Waals surface area (Å²) in [7, 11) is -4.00. The van der Waals surface area contributed by atoms with Crippen LogP contribution in [-0.4, -0.2) is 8.42 Å². The molecule has 0 aliphatic carbocycles. The molecule has 0 atom stereocenters. The van der Waals surface area contributed by atoms with Gasteiger partial charge in [-0.05, 0) is 36.4 Å². The van der Waals surface area contributed by atoms with E-state index >= 15 is 0 Å². The topological polar surface area (TPSA) is 46.2 Å². The third-order valence-corrected chi connectivity index (χ3v) is 4.16. The SMILES string of the molecule is O=S(=O)(Nc1cccc(C(F)(F)F)c1)c1cccc(Cl)c1. The summed E-state index contributed by atoms with van der Waals surface area (Å²) in [6.07, 6.45) is -4.54. The van der Waals surface area contributed by atoms with E-state index in [1.165, 1.54) is 30.3 Å². The minimum Gasteiger partial charge on any atom is -0.280 e. The molecule has 8 heteroatoms. The summed E-state index contributed by atoms with van der Waals surface area (Å²) in [4.78, 5) is -0.132. The molecular weight excluding hydrogens is 327 g/mol. The van der Waals surface area contributed by atoms with Crippen molar-refractivity contribution in [2.45, 2.75) is 11.1 Å². The van der Waals surface area contributed by atoms with Gasteiger partial charge in [0.15, 0.2) is 0 Å². The molecule has 0 amide bonds. The molecule has 0 saturated heterocycles. The predicted octanol–water partition coefficient (Wildman–Crippen LogP) is 4.16. The molecule has 0 bridgehead atoms. The molecule has 0 aliphatic heterocycles. The van der Waals surface area contributed by atoms with Gasteiger partial charge in [0.2, 0.25) is 0 Å². The first-order chi connectivity index (χ1) is 9.68. The van der Waals surface area contributed by atoms with Crippen LogP contribution in [0.5, 0.6) is 0 Å². The van der Waals surface area contributed by atoms with Crippen LogP contribution in [0.25, 0.3) is 0 Å². The van der Waals surface area contributed by atoms with E-state index in [1.807, 2.05) is 0 Å². The highest BCUT2D eigenvalue weighted by atomic mass is 35.5. The Hall–Kier alpha value is -1.73. The van der Waals surface area contributed by atoms with Crippen LogP contribution in [0, 0.1) is 0 Å². The van der Waals surface area contributed by atoms with Crippen molar-refractivity contribution in [2.24, 2.45) is 0 Å². The summed E-state index contributed by atoms with van der Waals surface area (Å²) in [5.41, 5.74) is -1.11. The van der Waals surface area contributed by atoms with Gasteiger partial charge in [0.25, 0.3) is 10.0 Å². The van der Waals surface area contributed by atoms with Crippen molar-refractivity contribution in [1.82, 2.24) is 0 Å². The number of hydrogen-bond donors (Lipinski definition) is 1. The summed E-state index contributed by atoms with van der Waals surface area (Å²) in [5.74, 6) is 0. The summed E-state index contributed by atoms with van der Waals surface area (Å²) >= 11 is 5.70. The van der Waals surface area contributed by atoms with Gasteiger partial charge in [-0.25, -0.2) is 8.42 Å². The zero-order chi connectivity index (χ0) is 15.7. The molecule has 3 nitrogen and oxygen atoms in total. The molecule has 0 spiro atoms. The highest BCUT2D eigenvalue weighted by Crippen LogP contribution is 2.31. The maximum Gasteiger partial charge on any atom is 0.416 e. The Bertz CT molecular complexity index is 760. The van der Waals surface area contributed by atoms with Crippen LogP contribution in [0.15, 0.2) is 53.4 Å². The molecule has 0 unspecified atom stereocenters. The molecule has 1 N–H and O–H groups in total. The fourth-order valence-electron chi connectivity index (χ4n) is 1.61. The highest BCUT2D eigenvalue weighted by molar-refractivity contribution is 7.92. The van der Waals surface area contributed by atoms with Crippen molar-refractivity contribution < 1.29 is 21.6 Å². The Morgan fingerprint density at radius 3 is 2.29 bits per heavy atom. The predicted molar refractivity (Wildman–Crippen MR) is 73.7 cm³/mol. The third kappa shape index (κ3) is 3.89. The lowest BCUT2D eigenvalue weighted by Crippen LogP contribution is -2.14. The molecule has 0 fully saturated rings. The first kappa shape index (κ1) is 15.7. The van der Waals surface area contributed by atoms with Crippen molar-refractivity contribution >= 4 is 27.3 Å². The Balaban J connectivity index is 2.33. The first-order valence-corrected chi connectivity index (χ1v) is 7.50. The second-order valence-electron chi connectivity index (χ2n) is 4.14. The van der Waals surface area contributed by atoms with E-state index in [0.717, 1.165) is 18.2 Å². The summed E-state index contributed by atoms with van der Waals surface area (Å²) in [6, 6.07) is 9.36. The van der Waals surface area contributed by atoms with Crippen LogP contribution < -0.4 is 4.72 Å². The number of anilines is 1. The van der Waals surface area contributed by atoms with E-state index in [1.54, 1.807) is 0 Å². The van der Waals surface area contributed by atoms with Crippen LogP contribution in [-0.2, 0) is 16.2 Å². The van der Waals surface area contributed by atoms with Gasteiger partial charge in [-0.2, -0.15) is 13.2 Å². The average molecular weight is 336 g/mol. The Morgan fingerprint density at radius 1 is 1.00 bits per heavy atom. The van der Waals surface area contributed by atoms with Crippen LogP contribution in [0.3, 0.4) is 0 Å². The van der Waals surface area contributed by atoms with E-state index in [-0.39, 0.29) is 15.6 Å². The zero-order valence-electron chi connectivity index (χ0n) is 10.4. The molecule has 0 aliphatic rings. The van der Waals surface area contributed by atoms with Gasteiger partial charge in [0.05, 0.1) is 10.5 Å². The van der Waals surface area contributed by atoms with Crippen LogP contribution >= 0.6 is 11.6 Å². The van der Waals surface area contributed by atoms with E-state index < -0.39 is 21.8 Å². The number of alkyl halides is 3. The molecule has 0 radical (unpaired) electrons. The van der Waals surface area contributed by atoms with Gasteiger partial charge < -0.3 is 0 Å². The Kier molecular flexibility index (Phi) is 4.15. The van der Waals surface area contributed by atoms with Crippen molar-refractivity contribution in [1.29, 1.82) is 0 Å². The van der Waals surface area contributed by atoms with Gasteiger partial charge in [0, 0.05) is 10.7 Å². The largest absolute Gasteiger partial charge is 0.416 e.